The number of carbonyl (C=O) groups is 1. The fourth-order valence-corrected chi connectivity index (χ4v) is 2.08. The smallest absolute Gasteiger partial charge is 0.258 e. The number of para-hydroxylation sites is 1. The summed E-state index contributed by atoms with van der Waals surface area (Å²) in [4.78, 5) is 14.6. The van der Waals surface area contributed by atoms with Crippen molar-refractivity contribution in [2.75, 3.05) is 11.4 Å². The van der Waals surface area contributed by atoms with Gasteiger partial charge >= 0.3 is 0 Å². The molecule has 0 aliphatic rings. The molecule has 0 aromatic heterocycles. The molecule has 0 heterocycles. The minimum atomic E-state index is 0.0671. The van der Waals surface area contributed by atoms with Gasteiger partial charge in [-0.05, 0) is 36.6 Å². The van der Waals surface area contributed by atoms with Crippen LogP contribution in [-0.2, 0) is 0 Å². The number of hydrogen-bond donors (Lipinski definition) is 0. The summed E-state index contributed by atoms with van der Waals surface area (Å²) in [6.45, 7) is 5.10. The molecule has 2 aromatic carbocycles. The van der Waals surface area contributed by atoms with Crippen molar-refractivity contribution in [1.82, 2.24) is 0 Å². The molecular formula is C18H21NO. The number of benzene rings is 2. The minimum absolute atomic E-state index is 0.0671. The first-order valence-corrected chi connectivity index (χ1v) is 7.10. The Labute approximate surface area is 121 Å². The number of rotatable bonds is 5. The second kappa shape index (κ2) is 6.90. The van der Waals surface area contributed by atoms with E-state index in [0.717, 1.165) is 24.2 Å². The van der Waals surface area contributed by atoms with Crippen LogP contribution in [0.2, 0.25) is 0 Å². The molecule has 0 bridgehead atoms. The van der Waals surface area contributed by atoms with Crippen LogP contribution < -0.4 is 4.90 Å². The molecule has 2 nitrogen and oxygen atoms in total. The van der Waals surface area contributed by atoms with E-state index in [9.17, 15) is 4.79 Å². The summed E-state index contributed by atoms with van der Waals surface area (Å²) in [6.07, 6.45) is 0.994. The van der Waals surface area contributed by atoms with Crippen molar-refractivity contribution < 1.29 is 4.79 Å². The van der Waals surface area contributed by atoms with Gasteiger partial charge in [0, 0.05) is 17.8 Å². The molecular weight excluding hydrogens is 246 g/mol. The molecule has 0 aliphatic carbocycles. The van der Waals surface area contributed by atoms with Gasteiger partial charge < -0.3 is 4.90 Å². The highest BCUT2D eigenvalue weighted by molar-refractivity contribution is 6.06. The average molecular weight is 267 g/mol. The van der Waals surface area contributed by atoms with Gasteiger partial charge in [-0.2, -0.15) is 0 Å². The van der Waals surface area contributed by atoms with Crippen LogP contribution in [0, 0.1) is 5.92 Å². The van der Waals surface area contributed by atoms with Gasteiger partial charge in [-0.3, -0.25) is 4.79 Å². The van der Waals surface area contributed by atoms with Crippen LogP contribution in [0.25, 0.3) is 0 Å². The van der Waals surface area contributed by atoms with Crippen LogP contribution in [0.4, 0.5) is 5.69 Å². The lowest BCUT2D eigenvalue weighted by Gasteiger charge is -2.24. The van der Waals surface area contributed by atoms with Crippen molar-refractivity contribution in [1.29, 1.82) is 0 Å². The number of amides is 1. The Hall–Kier alpha value is -2.09. The van der Waals surface area contributed by atoms with Crippen molar-refractivity contribution in [2.45, 2.75) is 20.3 Å². The van der Waals surface area contributed by atoms with Gasteiger partial charge in [0.25, 0.3) is 5.91 Å². The Morgan fingerprint density at radius 3 is 2.05 bits per heavy atom. The van der Waals surface area contributed by atoms with Crippen LogP contribution in [-0.4, -0.2) is 12.5 Å². The van der Waals surface area contributed by atoms with Crippen molar-refractivity contribution in [3.05, 3.63) is 66.2 Å². The van der Waals surface area contributed by atoms with Gasteiger partial charge in [0.2, 0.25) is 0 Å². The zero-order chi connectivity index (χ0) is 14.4. The highest BCUT2D eigenvalue weighted by atomic mass is 16.2. The second-order valence-electron chi connectivity index (χ2n) is 5.34. The highest BCUT2D eigenvalue weighted by Gasteiger charge is 2.17. The van der Waals surface area contributed by atoms with E-state index in [1.165, 1.54) is 0 Å². The molecule has 0 unspecified atom stereocenters. The average Bonchev–Trinajstić information content (AvgIpc) is 2.49. The fraction of sp³-hybridized carbons (Fsp3) is 0.278. The Morgan fingerprint density at radius 1 is 0.950 bits per heavy atom. The van der Waals surface area contributed by atoms with E-state index >= 15 is 0 Å². The molecule has 2 rings (SSSR count). The maximum atomic E-state index is 12.7. The monoisotopic (exact) mass is 267 g/mol. The van der Waals surface area contributed by atoms with Gasteiger partial charge in [0.15, 0.2) is 0 Å². The predicted octanol–water partition coefficient (Wildman–Crippen LogP) is 4.38. The Balaban J connectivity index is 2.25. The lowest BCUT2D eigenvalue weighted by atomic mass is 10.1. The van der Waals surface area contributed by atoms with Crippen LogP contribution in [0.5, 0.6) is 0 Å². The molecule has 0 saturated carbocycles. The van der Waals surface area contributed by atoms with Crippen molar-refractivity contribution >= 4 is 11.6 Å². The standard InChI is InChI=1S/C18H21NO/c1-15(2)13-14-19(17-11-7-4-8-12-17)18(20)16-9-5-3-6-10-16/h3-12,15H,13-14H2,1-2H3. The van der Waals surface area contributed by atoms with E-state index < -0.39 is 0 Å². The van der Waals surface area contributed by atoms with Crippen LogP contribution in [0.3, 0.4) is 0 Å². The molecule has 2 aromatic rings. The third kappa shape index (κ3) is 3.70. The normalized spacial score (nSPS) is 10.6. The first-order valence-electron chi connectivity index (χ1n) is 7.10. The zero-order valence-corrected chi connectivity index (χ0v) is 12.1. The van der Waals surface area contributed by atoms with Gasteiger partial charge in [0.1, 0.15) is 0 Å². The van der Waals surface area contributed by atoms with E-state index in [2.05, 4.69) is 13.8 Å². The van der Waals surface area contributed by atoms with Crippen molar-refractivity contribution in [3.8, 4) is 0 Å². The quantitative estimate of drug-likeness (QED) is 0.787. The summed E-state index contributed by atoms with van der Waals surface area (Å²) in [7, 11) is 0. The Bertz CT molecular complexity index is 534. The molecule has 0 N–H and O–H groups in total. The molecule has 20 heavy (non-hydrogen) atoms. The second-order valence-corrected chi connectivity index (χ2v) is 5.34. The van der Waals surface area contributed by atoms with Crippen LogP contribution in [0.1, 0.15) is 30.6 Å². The molecule has 0 spiro atoms. The van der Waals surface area contributed by atoms with E-state index in [4.69, 9.17) is 0 Å². The molecule has 0 fully saturated rings. The maximum absolute atomic E-state index is 12.7. The van der Waals surface area contributed by atoms with Crippen molar-refractivity contribution in [2.24, 2.45) is 5.92 Å². The summed E-state index contributed by atoms with van der Waals surface area (Å²) in [5, 5.41) is 0. The lowest BCUT2D eigenvalue weighted by molar-refractivity contribution is 0.0986. The number of hydrogen-bond acceptors (Lipinski definition) is 1. The number of anilines is 1. The molecule has 104 valence electrons. The summed E-state index contributed by atoms with van der Waals surface area (Å²) in [6, 6.07) is 19.3. The maximum Gasteiger partial charge on any atom is 0.258 e. The third-order valence-corrected chi connectivity index (χ3v) is 3.26. The van der Waals surface area contributed by atoms with Gasteiger partial charge in [-0.1, -0.05) is 50.2 Å². The van der Waals surface area contributed by atoms with E-state index in [1.807, 2.05) is 65.6 Å². The lowest BCUT2D eigenvalue weighted by Crippen LogP contribution is -2.32. The highest BCUT2D eigenvalue weighted by Crippen LogP contribution is 2.18. The van der Waals surface area contributed by atoms with E-state index in [-0.39, 0.29) is 5.91 Å². The van der Waals surface area contributed by atoms with Crippen LogP contribution in [0.15, 0.2) is 60.7 Å². The van der Waals surface area contributed by atoms with Crippen molar-refractivity contribution in [3.63, 3.8) is 0 Å². The SMILES string of the molecule is CC(C)CCN(C(=O)c1ccccc1)c1ccccc1. The van der Waals surface area contributed by atoms with E-state index in [1.54, 1.807) is 0 Å². The molecule has 0 aliphatic heterocycles. The Morgan fingerprint density at radius 2 is 1.50 bits per heavy atom. The fourth-order valence-electron chi connectivity index (χ4n) is 2.08. The Kier molecular flexibility index (Phi) is 4.94. The minimum Gasteiger partial charge on any atom is -0.308 e. The van der Waals surface area contributed by atoms with Crippen LogP contribution >= 0.6 is 0 Å². The number of carbonyl (C=O) groups excluding carboxylic acids is 1. The summed E-state index contributed by atoms with van der Waals surface area (Å²) >= 11 is 0. The molecule has 2 heteroatoms. The predicted molar refractivity (Wildman–Crippen MR) is 84.0 cm³/mol. The largest absolute Gasteiger partial charge is 0.308 e. The summed E-state index contributed by atoms with van der Waals surface area (Å²) in [5.74, 6) is 0.641. The molecule has 0 atom stereocenters. The number of nitrogens with zero attached hydrogens (tertiary/aromatic N) is 1. The topological polar surface area (TPSA) is 20.3 Å². The van der Waals surface area contributed by atoms with Gasteiger partial charge in [0.05, 0.1) is 0 Å². The molecule has 0 saturated heterocycles. The summed E-state index contributed by atoms with van der Waals surface area (Å²) in [5.41, 5.74) is 1.70. The van der Waals surface area contributed by atoms with Gasteiger partial charge in [-0.25, -0.2) is 0 Å². The van der Waals surface area contributed by atoms with Gasteiger partial charge in [-0.15, -0.1) is 0 Å². The first-order chi connectivity index (χ1) is 9.68. The molecule has 1 amide bonds. The zero-order valence-electron chi connectivity index (χ0n) is 12.1. The van der Waals surface area contributed by atoms with E-state index in [0.29, 0.717) is 5.92 Å². The summed E-state index contributed by atoms with van der Waals surface area (Å²) < 4.78 is 0. The first kappa shape index (κ1) is 14.3. The molecule has 0 radical (unpaired) electrons. The third-order valence-electron chi connectivity index (χ3n) is 3.26.